The van der Waals surface area contributed by atoms with Crippen molar-refractivity contribution in [2.75, 3.05) is 12.3 Å². The second-order valence-corrected chi connectivity index (χ2v) is 5.50. The number of nitrogens with two attached hydrogens (primary N) is 1. The van der Waals surface area contributed by atoms with Crippen LogP contribution in [-0.2, 0) is 19.9 Å². The number of hydrogen-bond acceptors (Lipinski definition) is 4. The molecule has 0 bridgehead atoms. The Bertz CT molecular complexity index is 495. The van der Waals surface area contributed by atoms with Crippen molar-refractivity contribution in [3.63, 3.8) is 0 Å². The molecule has 102 valence electrons. The van der Waals surface area contributed by atoms with Crippen molar-refractivity contribution in [2.45, 2.75) is 24.4 Å². The van der Waals surface area contributed by atoms with Crippen molar-refractivity contribution in [1.29, 1.82) is 0 Å². The van der Waals surface area contributed by atoms with E-state index in [1.165, 1.54) is 5.56 Å². The Kier molecular flexibility index (Phi) is 5.42. The lowest BCUT2D eigenvalue weighted by molar-refractivity contribution is 0.726. The number of hydrogen-bond donors (Lipinski definition) is 1. The zero-order chi connectivity index (χ0) is 13.5. The number of nitrogens with zero attached hydrogens (tertiary/aromatic N) is 3. The largest absolute Gasteiger partial charge is 0.330 e. The molecule has 0 spiro atoms. The maximum absolute atomic E-state index is 5.54. The Morgan fingerprint density at radius 2 is 1.95 bits per heavy atom. The summed E-state index contributed by atoms with van der Waals surface area (Å²) in [4.78, 5) is 0. The molecule has 19 heavy (non-hydrogen) atoms. The highest BCUT2D eigenvalue weighted by Crippen LogP contribution is 2.17. The fraction of sp³-hybridized carbons (Fsp3) is 0.429. The molecule has 2 rings (SSSR count). The molecule has 4 nitrogen and oxygen atoms in total. The minimum Gasteiger partial charge on any atom is -0.330 e. The molecule has 0 aliphatic heterocycles. The molecule has 0 aliphatic rings. The highest BCUT2D eigenvalue weighted by Gasteiger charge is 2.07. The highest BCUT2D eigenvalue weighted by molar-refractivity contribution is 7.99. The van der Waals surface area contributed by atoms with Crippen LogP contribution in [0.5, 0.6) is 0 Å². The molecule has 0 amide bonds. The smallest absolute Gasteiger partial charge is 0.190 e. The number of aromatic nitrogens is 3. The van der Waals surface area contributed by atoms with E-state index in [0.29, 0.717) is 6.54 Å². The maximum atomic E-state index is 5.54. The molecule has 0 fully saturated rings. The van der Waals surface area contributed by atoms with Gasteiger partial charge in [0.2, 0.25) is 0 Å². The lowest BCUT2D eigenvalue weighted by Gasteiger charge is -2.03. The zero-order valence-corrected chi connectivity index (χ0v) is 12.1. The fourth-order valence-electron chi connectivity index (χ4n) is 1.90. The van der Waals surface area contributed by atoms with Crippen LogP contribution in [0.2, 0.25) is 0 Å². The molecule has 1 aromatic heterocycles. The van der Waals surface area contributed by atoms with Crippen LogP contribution in [0.1, 0.15) is 17.8 Å². The van der Waals surface area contributed by atoms with Crippen molar-refractivity contribution in [1.82, 2.24) is 14.8 Å². The van der Waals surface area contributed by atoms with Crippen LogP contribution in [0.25, 0.3) is 0 Å². The Hall–Kier alpha value is -1.33. The van der Waals surface area contributed by atoms with Gasteiger partial charge in [-0.05, 0) is 24.9 Å². The summed E-state index contributed by atoms with van der Waals surface area (Å²) in [6.45, 7) is 0.616. The summed E-state index contributed by atoms with van der Waals surface area (Å²) in [5.41, 5.74) is 6.93. The van der Waals surface area contributed by atoms with Crippen LogP contribution in [-0.4, -0.2) is 27.1 Å². The van der Waals surface area contributed by atoms with Gasteiger partial charge in [-0.3, -0.25) is 0 Å². The van der Waals surface area contributed by atoms with Crippen LogP contribution in [0.4, 0.5) is 0 Å². The summed E-state index contributed by atoms with van der Waals surface area (Å²) in [7, 11) is 2.00. The van der Waals surface area contributed by atoms with Gasteiger partial charge in [0.25, 0.3) is 0 Å². The van der Waals surface area contributed by atoms with E-state index in [0.717, 1.165) is 36.0 Å². The highest BCUT2D eigenvalue weighted by atomic mass is 32.2. The van der Waals surface area contributed by atoms with Crippen LogP contribution in [0, 0.1) is 0 Å². The third-order valence-electron chi connectivity index (χ3n) is 2.98. The lowest BCUT2D eigenvalue weighted by Crippen LogP contribution is -2.08. The predicted molar refractivity (Wildman–Crippen MR) is 79.2 cm³/mol. The van der Waals surface area contributed by atoms with Crippen molar-refractivity contribution >= 4 is 11.8 Å². The molecule has 0 saturated heterocycles. The molecule has 0 unspecified atom stereocenters. The summed E-state index contributed by atoms with van der Waals surface area (Å²) < 4.78 is 2.04. The molecule has 0 radical (unpaired) electrons. The standard InChI is InChI=1S/C14H20N4S/c1-18-13(9-10-15)16-17-14(18)19-11-5-8-12-6-3-2-4-7-12/h2-4,6-7H,5,8-11,15H2,1H3. The van der Waals surface area contributed by atoms with Gasteiger partial charge in [0, 0.05) is 19.2 Å². The first-order valence-electron chi connectivity index (χ1n) is 6.56. The van der Waals surface area contributed by atoms with E-state index in [-0.39, 0.29) is 0 Å². The molecule has 5 heteroatoms. The topological polar surface area (TPSA) is 56.7 Å². The number of rotatable bonds is 7. The number of aryl methyl sites for hydroxylation is 1. The summed E-state index contributed by atoms with van der Waals surface area (Å²) in [6, 6.07) is 10.6. The third kappa shape index (κ3) is 4.08. The normalized spacial score (nSPS) is 10.8. The van der Waals surface area contributed by atoms with Gasteiger partial charge in [0.05, 0.1) is 0 Å². The molecule has 1 aromatic carbocycles. The molecule has 0 saturated carbocycles. The van der Waals surface area contributed by atoms with Crippen LogP contribution < -0.4 is 5.73 Å². The summed E-state index contributed by atoms with van der Waals surface area (Å²) >= 11 is 1.76. The Balaban J connectivity index is 1.77. The van der Waals surface area contributed by atoms with Gasteiger partial charge in [-0.2, -0.15) is 0 Å². The molecule has 0 atom stereocenters. The second kappa shape index (κ2) is 7.31. The molecule has 0 aliphatic carbocycles. The quantitative estimate of drug-likeness (QED) is 0.621. The minimum atomic E-state index is 0.616. The van der Waals surface area contributed by atoms with Gasteiger partial charge in [-0.25, -0.2) is 0 Å². The Labute approximate surface area is 118 Å². The summed E-state index contributed by atoms with van der Waals surface area (Å²) in [5, 5.41) is 9.34. The van der Waals surface area contributed by atoms with E-state index in [1.807, 2.05) is 11.6 Å². The average molecular weight is 276 g/mol. The van der Waals surface area contributed by atoms with E-state index in [4.69, 9.17) is 5.73 Å². The molecule has 2 aromatic rings. The lowest BCUT2D eigenvalue weighted by atomic mass is 10.1. The van der Waals surface area contributed by atoms with E-state index in [9.17, 15) is 0 Å². The zero-order valence-electron chi connectivity index (χ0n) is 11.2. The van der Waals surface area contributed by atoms with Crippen molar-refractivity contribution < 1.29 is 0 Å². The van der Waals surface area contributed by atoms with Gasteiger partial charge in [0.15, 0.2) is 5.16 Å². The van der Waals surface area contributed by atoms with E-state index in [2.05, 4.69) is 40.5 Å². The van der Waals surface area contributed by atoms with Crippen LogP contribution in [0.15, 0.2) is 35.5 Å². The van der Waals surface area contributed by atoms with Gasteiger partial charge >= 0.3 is 0 Å². The molecule has 2 N–H and O–H groups in total. The van der Waals surface area contributed by atoms with Gasteiger partial charge in [-0.15, -0.1) is 10.2 Å². The number of thioether (sulfide) groups is 1. The van der Waals surface area contributed by atoms with E-state index >= 15 is 0 Å². The molecule has 1 heterocycles. The third-order valence-corrected chi connectivity index (χ3v) is 4.08. The van der Waals surface area contributed by atoms with Gasteiger partial charge < -0.3 is 10.3 Å². The first-order valence-corrected chi connectivity index (χ1v) is 7.55. The first kappa shape index (κ1) is 14.1. The van der Waals surface area contributed by atoms with E-state index < -0.39 is 0 Å². The van der Waals surface area contributed by atoms with Crippen molar-refractivity contribution in [3.8, 4) is 0 Å². The van der Waals surface area contributed by atoms with Crippen molar-refractivity contribution in [2.24, 2.45) is 12.8 Å². The van der Waals surface area contributed by atoms with Gasteiger partial charge in [-0.1, -0.05) is 42.1 Å². The van der Waals surface area contributed by atoms with Gasteiger partial charge in [0.1, 0.15) is 5.82 Å². The molecular weight excluding hydrogens is 256 g/mol. The minimum absolute atomic E-state index is 0.616. The maximum Gasteiger partial charge on any atom is 0.190 e. The van der Waals surface area contributed by atoms with E-state index in [1.54, 1.807) is 11.8 Å². The summed E-state index contributed by atoms with van der Waals surface area (Å²) in [5.74, 6) is 2.02. The first-order chi connectivity index (χ1) is 9.31. The predicted octanol–water partition coefficient (Wildman–Crippen LogP) is 2.04. The van der Waals surface area contributed by atoms with Crippen LogP contribution in [0.3, 0.4) is 0 Å². The Morgan fingerprint density at radius 1 is 1.16 bits per heavy atom. The second-order valence-electron chi connectivity index (χ2n) is 4.43. The summed E-state index contributed by atoms with van der Waals surface area (Å²) in [6.07, 6.45) is 3.04. The fourth-order valence-corrected chi connectivity index (χ4v) is 2.77. The monoisotopic (exact) mass is 276 g/mol. The number of benzene rings is 1. The SMILES string of the molecule is Cn1c(CCN)nnc1SCCCc1ccccc1. The molecular formula is C14H20N4S. The average Bonchev–Trinajstić information content (AvgIpc) is 2.78. The van der Waals surface area contributed by atoms with Crippen LogP contribution >= 0.6 is 11.8 Å². The van der Waals surface area contributed by atoms with Crippen molar-refractivity contribution in [3.05, 3.63) is 41.7 Å². The Morgan fingerprint density at radius 3 is 2.68 bits per heavy atom.